The van der Waals surface area contributed by atoms with E-state index in [1.165, 1.54) is 0 Å². The fraction of sp³-hybridized carbons (Fsp3) is 0.231. The molecule has 2 rings (SSSR count). The van der Waals surface area contributed by atoms with Crippen LogP contribution in [0.5, 0.6) is 0 Å². The van der Waals surface area contributed by atoms with Gasteiger partial charge in [0.05, 0.1) is 5.25 Å². The van der Waals surface area contributed by atoms with Crippen molar-refractivity contribution in [3.8, 4) is 0 Å². The van der Waals surface area contributed by atoms with Gasteiger partial charge in [-0.15, -0.1) is 0 Å². The average Bonchev–Trinajstić information content (AvgIpc) is 2.46. The largest absolute Gasteiger partial charge is 0.342 e. The fourth-order valence-corrected chi connectivity index (χ4v) is 2.55. The Balaban J connectivity index is 2.11. The van der Waals surface area contributed by atoms with E-state index in [0.29, 0.717) is 10.7 Å². The Hall–Kier alpha value is -2.06. The van der Waals surface area contributed by atoms with Crippen LogP contribution >= 0.6 is 23.4 Å². The van der Waals surface area contributed by atoms with Crippen LogP contribution in [-0.2, 0) is 4.79 Å². The summed E-state index contributed by atoms with van der Waals surface area (Å²) in [4.78, 5) is 36.7. The maximum absolute atomic E-state index is 12.2. The highest BCUT2D eigenvalue weighted by atomic mass is 35.5. The lowest BCUT2D eigenvalue weighted by Crippen LogP contribution is -2.28. The van der Waals surface area contributed by atoms with Crippen LogP contribution in [0.1, 0.15) is 12.5 Å². The zero-order valence-electron chi connectivity index (χ0n) is 11.8. The second-order valence-electron chi connectivity index (χ2n) is 4.47. The monoisotopic (exact) mass is 340 g/mol. The predicted molar refractivity (Wildman–Crippen MR) is 85.6 cm³/mol. The highest BCUT2D eigenvalue weighted by Gasteiger charge is 2.18. The SMILES string of the molecule is Cc1c(Cl)cccc1NC(=O)[C@H](C)Sc1n[nH]c(=O)[nH]c1=O. The van der Waals surface area contributed by atoms with Gasteiger partial charge in [0, 0.05) is 10.7 Å². The van der Waals surface area contributed by atoms with Crippen LogP contribution in [0.25, 0.3) is 0 Å². The van der Waals surface area contributed by atoms with Crippen molar-refractivity contribution in [2.75, 3.05) is 5.32 Å². The molecule has 0 fully saturated rings. The molecule has 0 aliphatic rings. The molecule has 22 heavy (non-hydrogen) atoms. The molecular weight excluding hydrogens is 328 g/mol. The molecular formula is C13H13ClN4O3S. The van der Waals surface area contributed by atoms with Crippen LogP contribution in [0.15, 0.2) is 32.8 Å². The topological polar surface area (TPSA) is 108 Å². The molecule has 3 N–H and O–H groups in total. The molecule has 1 aromatic carbocycles. The number of halogens is 1. The minimum absolute atomic E-state index is 0.0186. The molecule has 7 nitrogen and oxygen atoms in total. The first-order valence-corrected chi connectivity index (χ1v) is 7.56. The molecule has 0 aliphatic carbocycles. The summed E-state index contributed by atoms with van der Waals surface area (Å²) in [6.45, 7) is 3.43. The summed E-state index contributed by atoms with van der Waals surface area (Å²) in [5, 5.41) is 8.47. The fourth-order valence-electron chi connectivity index (χ4n) is 1.61. The summed E-state index contributed by atoms with van der Waals surface area (Å²) in [5.74, 6) is -0.303. The van der Waals surface area contributed by atoms with Crippen molar-refractivity contribution in [1.82, 2.24) is 15.2 Å². The molecule has 9 heteroatoms. The van der Waals surface area contributed by atoms with Gasteiger partial charge in [0.25, 0.3) is 5.56 Å². The highest BCUT2D eigenvalue weighted by molar-refractivity contribution is 8.00. The first-order valence-electron chi connectivity index (χ1n) is 6.30. The third kappa shape index (κ3) is 3.77. The van der Waals surface area contributed by atoms with Crippen molar-refractivity contribution in [2.45, 2.75) is 24.1 Å². The van der Waals surface area contributed by atoms with Gasteiger partial charge in [0.1, 0.15) is 0 Å². The number of carbonyl (C=O) groups is 1. The van der Waals surface area contributed by atoms with Gasteiger partial charge >= 0.3 is 5.69 Å². The predicted octanol–water partition coefficient (Wildman–Crippen LogP) is 1.54. The molecule has 1 amide bonds. The first-order chi connectivity index (χ1) is 10.4. The van der Waals surface area contributed by atoms with Gasteiger partial charge in [-0.1, -0.05) is 29.4 Å². The maximum Gasteiger partial charge on any atom is 0.342 e. The Bertz CT molecular complexity index is 817. The maximum atomic E-state index is 12.2. The van der Waals surface area contributed by atoms with Gasteiger partial charge in [0.2, 0.25) is 5.91 Å². The number of benzene rings is 1. The Morgan fingerprint density at radius 3 is 2.82 bits per heavy atom. The van der Waals surface area contributed by atoms with E-state index < -0.39 is 16.5 Å². The minimum Gasteiger partial charge on any atom is -0.325 e. The molecule has 0 unspecified atom stereocenters. The lowest BCUT2D eigenvalue weighted by molar-refractivity contribution is -0.115. The van der Waals surface area contributed by atoms with Crippen molar-refractivity contribution < 1.29 is 4.79 Å². The summed E-state index contributed by atoms with van der Waals surface area (Å²) in [6.07, 6.45) is 0. The molecule has 0 radical (unpaired) electrons. The number of thioether (sulfide) groups is 1. The number of nitrogens with one attached hydrogen (secondary N) is 3. The lowest BCUT2D eigenvalue weighted by atomic mass is 10.2. The molecule has 0 aliphatic heterocycles. The van der Waals surface area contributed by atoms with E-state index in [4.69, 9.17) is 11.6 Å². The lowest BCUT2D eigenvalue weighted by Gasteiger charge is -2.13. The number of aromatic amines is 2. The van der Waals surface area contributed by atoms with E-state index in [1.807, 2.05) is 0 Å². The van der Waals surface area contributed by atoms with Crippen molar-refractivity contribution >= 4 is 35.0 Å². The summed E-state index contributed by atoms with van der Waals surface area (Å²) in [7, 11) is 0. The van der Waals surface area contributed by atoms with Crippen LogP contribution < -0.4 is 16.6 Å². The highest BCUT2D eigenvalue weighted by Crippen LogP contribution is 2.24. The molecule has 1 atom stereocenters. The Morgan fingerprint density at radius 2 is 2.14 bits per heavy atom. The number of H-pyrrole nitrogens is 2. The summed E-state index contributed by atoms with van der Waals surface area (Å²) in [6, 6.07) is 5.20. The van der Waals surface area contributed by atoms with Gasteiger partial charge in [-0.05, 0) is 31.5 Å². The van der Waals surface area contributed by atoms with E-state index in [2.05, 4.69) is 20.5 Å². The molecule has 1 aromatic heterocycles. The first kappa shape index (κ1) is 16.3. The summed E-state index contributed by atoms with van der Waals surface area (Å²) in [5.41, 5.74) is 0.0383. The van der Waals surface area contributed by atoms with E-state index in [1.54, 1.807) is 32.0 Å². The van der Waals surface area contributed by atoms with E-state index in [-0.39, 0.29) is 10.9 Å². The molecule has 0 bridgehead atoms. The van der Waals surface area contributed by atoms with Gasteiger partial charge in [-0.25, -0.2) is 9.89 Å². The zero-order chi connectivity index (χ0) is 16.3. The summed E-state index contributed by atoms with van der Waals surface area (Å²) >= 11 is 6.94. The van der Waals surface area contributed by atoms with Gasteiger partial charge in [0.15, 0.2) is 5.03 Å². The van der Waals surface area contributed by atoms with Crippen LogP contribution in [0.4, 0.5) is 5.69 Å². The smallest absolute Gasteiger partial charge is 0.325 e. The van der Waals surface area contributed by atoms with Crippen molar-refractivity contribution in [3.05, 3.63) is 49.6 Å². The molecule has 1 heterocycles. The van der Waals surface area contributed by atoms with E-state index >= 15 is 0 Å². The van der Waals surface area contributed by atoms with Crippen molar-refractivity contribution in [1.29, 1.82) is 0 Å². The number of rotatable bonds is 4. The quantitative estimate of drug-likeness (QED) is 0.732. The third-order valence-corrected chi connectivity index (χ3v) is 4.34. The number of hydrogen-bond acceptors (Lipinski definition) is 5. The molecule has 0 spiro atoms. The Kier molecular flexibility index (Phi) is 5.04. The van der Waals surface area contributed by atoms with Crippen LogP contribution in [0.2, 0.25) is 5.02 Å². The van der Waals surface area contributed by atoms with Gasteiger partial charge < -0.3 is 5.32 Å². The number of anilines is 1. The molecule has 0 saturated carbocycles. The average molecular weight is 341 g/mol. The molecule has 116 valence electrons. The number of amides is 1. The third-order valence-electron chi connectivity index (χ3n) is 2.86. The number of nitrogens with zero attached hydrogens (tertiary/aromatic N) is 1. The van der Waals surface area contributed by atoms with Crippen LogP contribution in [-0.4, -0.2) is 26.3 Å². The summed E-state index contributed by atoms with van der Waals surface area (Å²) < 4.78 is 0. The second-order valence-corrected chi connectivity index (χ2v) is 6.21. The van der Waals surface area contributed by atoms with Gasteiger partial charge in [-0.2, -0.15) is 5.10 Å². The standard InChI is InChI=1S/C13H13ClN4O3S/c1-6-8(14)4-3-5-9(6)15-10(19)7(2)22-12-11(20)16-13(21)18-17-12/h3-5,7H,1-2H3,(H,15,19)(H2,16,18,20,21)/t7-/m0/s1. The van der Waals surface area contributed by atoms with Gasteiger partial charge in [-0.3, -0.25) is 14.6 Å². The molecule has 2 aromatic rings. The van der Waals surface area contributed by atoms with E-state index in [0.717, 1.165) is 17.3 Å². The van der Waals surface area contributed by atoms with Crippen molar-refractivity contribution in [2.24, 2.45) is 0 Å². The number of aromatic nitrogens is 3. The molecule has 0 saturated heterocycles. The number of carbonyl (C=O) groups excluding carboxylic acids is 1. The van der Waals surface area contributed by atoms with Crippen LogP contribution in [0, 0.1) is 6.92 Å². The zero-order valence-corrected chi connectivity index (χ0v) is 13.3. The normalized spacial score (nSPS) is 12.0. The van der Waals surface area contributed by atoms with Crippen molar-refractivity contribution in [3.63, 3.8) is 0 Å². The Morgan fingerprint density at radius 1 is 1.41 bits per heavy atom. The second kappa shape index (κ2) is 6.80. The van der Waals surface area contributed by atoms with E-state index in [9.17, 15) is 14.4 Å². The Labute approximate surface area is 134 Å². The van der Waals surface area contributed by atoms with Crippen LogP contribution in [0.3, 0.4) is 0 Å². The number of hydrogen-bond donors (Lipinski definition) is 3. The minimum atomic E-state index is -0.694.